The standard InChI is InChI=1S/C16H24N2O3S.C8H15NO4S/c1-4-22(20,21)18-9-5-6-14(11-18)16(19)17-15-8-7-12(2)13(3)10-15;1-2-14(12,13)9-5-3-4-7(6-9)8(10)11/h7-8,10,14H,4-6,9,11H2,1-3H3,(H,17,19);7H,2-6H2,1H3,(H,10,11)/t14-;7-/m00/s1. The van der Waals surface area contributed by atoms with Gasteiger partial charge in [0.1, 0.15) is 0 Å². The first-order valence-corrected chi connectivity index (χ1v) is 15.6. The van der Waals surface area contributed by atoms with Crippen molar-refractivity contribution in [2.45, 2.75) is 53.4 Å². The number of carbonyl (C=O) groups excluding carboxylic acids is 1. The molecule has 2 atom stereocenters. The lowest BCUT2D eigenvalue weighted by molar-refractivity contribution is -0.142. The molecular formula is C24H39N3O7S2. The van der Waals surface area contributed by atoms with Gasteiger partial charge in [0.05, 0.1) is 23.3 Å². The van der Waals surface area contributed by atoms with Gasteiger partial charge in [-0.1, -0.05) is 6.07 Å². The number of hydrogen-bond acceptors (Lipinski definition) is 6. The lowest BCUT2D eigenvalue weighted by Crippen LogP contribution is -2.44. The number of carbonyl (C=O) groups is 2. The second kappa shape index (κ2) is 13.0. The summed E-state index contributed by atoms with van der Waals surface area (Å²) in [7, 11) is -6.44. The second-order valence-electron chi connectivity index (χ2n) is 9.32. The normalized spacial score (nSPS) is 21.8. The monoisotopic (exact) mass is 545 g/mol. The van der Waals surface area contributed by atoms with E-state index in [0.29, 0.717) is 25.9 Å². The van der Waals surface area contributed by atoms with Crippen LogP contribution in [0.4, 0.5) is 5.69 Å². The number of aryl methyl sites for hydroxylation is 2. The molecule has 0 unspecified atom stereocenters. The number of piperidine rings is 2. The molecule has 0 aromatic heterocycles. The molecule has 12 heteroatoms. The van der Waals surface area contributed by atoms with E-state index < -0.39 is 31.9 Å². The SMILES string of the molecule is CCS(=O)(=O)N1CCC[C@H](C(=O)Nc2ccc(C)c(C)c2)C1.CCS(=O)(=O)N1CCC[C@H](C(=O)O)C1. The zero-order valence-electron chi connectivity index (χ0n) is 21.6. The van der Waals surface area contributed by atoms with Crippen LogP contribution in [-0.2, 0) is 29.6 Å². The van der Waals surface area contributed by atoms with Gasteiger partial charge < -0.3 is 10.4 Å². The molecule has 0 aliphatic carbocycles. The first-order valence-electron chi connectivity index (χ1n) is 12.4. The number of benzene rings is 1. The summed E-state index contributed by atoms with van der Waals surface area (Å²) in [5, 5.41) is 11.7. The predicted molar refractivity (Wildman–Crippen MR) is 140 cm³/mol. The number of nitrogens with one attached hydrogen (secondary N) is 1. The molecule has 1 amide bonds. The Labute approximate surface area is 215 Å². The average molecular weight is 546 g/mol. The minimum Gasteiger partial charge on any atom is -0.481 e. The number of carboxylic acids is 1. The van der Waals surface area contributed by atoms with E-state index in [1.165, 1.54) is 14.2 Å². The van der Waals surface area contributed by atoms with Crippen molar-refractivity contribution in [2.24, 2.45) is 11.8 Å². The number of hydrogen-bond donors (Lipinski definition) is 2. The molecule has 2 aliphatic rings. The van der Waals surface area contributed by atoms with Crippen LogP contribution >= 0.6 is 0 Å². The van der Waals surface area contributed by atoms with E-state index >= 15 is 0 Å². The summed E-state index contributed by atoms with van der Waals surface area (Å²) in [5.41, 5.74) is 3.07. The Bertz CT molecular complexity index is 1140. The largest absolute Gasteiger partial charge is 0.481 e. The van der Waals surface area contributed by atoms with Crippen molar-refractivity contribution in [3.05, 3.63) is 29.3 Å². The van der Waals surface area contributed by atoms with Crippen LogP contribution in [0.3, 0.4) is 0 Å². The molecule has 0 bridgehead atoms. The third kappa shape index (κ3) is 8.25. The Morgan fingerprint density at radius 1 is 0.889 bits per heavy atom. The van der Waals surface area contributed by atoms with E-state index in [1.54, 1.807) is 13.8 Å². The van der Waals surface area contributed by atoms with E-state index in [0.717, 1.165) is 24.1 Å². The van der Waals surface area contributed by atoms with Gasteiger partial charge in [-0.3, -0.25) is 9.59 Å². The van der Waals surface area contributed by atoms with E-state index in [4.69, 9.17) is 5.11 Å². The number of rotatable bonds is 7. The molecule has 3 rings (SSSR count). The van der Waals surface area contributed by atoms with E-state index in [2.05, 4.69) is 5.32 Å². The van der Waals surface area contributed by atoms with E-state index in [1.807, 2.05) is 32.0 Å². The van der Waals surface area contributed by atoms with Crippen LogP contribution in [0.2, 0.25) is 0 Å². The fourth-order valence-electron chi connectivity index (χ4n) is 4.23. The molecule has 0 saturated carbocycles. The Kier molecular flexibility index (Phi) is 10.9. The molecule has 10 nitrogen and oxygen atoms in total. The van der Waals surface area contributed by atoms with Gasteiger partial charge in [-0.25, -0.2) is 25.4 Å². The second-order valence-corrected chi connectivity index (χ2v) is 13.8. The highest BCUT2D eigenvalue weighted by Crippen LogP contribution is 2.22. The molecule has 2 heterocycles. The zero-order chi connectivity index (χ0) is 27.1. The van der Waals surface area contributed by atoms with Crippen molar-refractivity contribution in [1.29, 1.82) is 0 Å². The third-order valence-corrected chi connectivity index (χ3v) is 10.5. The number of sulfonamides is 2. The maximum absolute atomic E-state index is 12.4. The number of carboxylic acid groups (broad SMARTS) is 1. The molecule has 0 radical (unpaired) electrons. The van der Waals surface area contributed by atoms with Crippen LogP contribution < -0.4 is 5.32 Å². The van der Waals surface area contributed by atoms with Crippen molar-refractivity contribution in [3.63, 3.8) is 0 Å². The molecule has 2 N–H and O–H groups in total. The van der Waals surface area contributed by atoms with E-state index in [-0.39, 0.29) is 36.4 Å². The van der Waals surface area contributed by atoms with Crippen LogP contribution in [0.1, 0.15) is 50.7 Å². The van der Waals surface area contributed by atoms with Gasteiger partial charge in [0.15, 0.2) is 0 Å². The Balaban J connectivity index is 0.000000281. The Morgan fingerprint density at radius 2 is 1.39 bits per heavy atom. The zero-order valence-corrected chi connectivity index (χ0v) is 23.2. The summed E-state index contributed by atoms with van der Waals surface area (Å²) >= 11 is 0. The number of anilines is 1. The first kappa shape index (κ1) is 30.2. The van der Waals surface area contributed by atoms with E-state index in [9.17, 15) is 26.4 Å². The molecule has 1 aromatic rings. The van der Waals surface area contributed by atoms with Crippen molar-refractivity contribution in [3.8, 4) is 0 Å². The molecule has 204 valence electrons. The number of nitrogens with zero attached hydrogens (tertiary/aromatic N) is 2. The summed E-state index contributed by atoms with van der Waals surface area (Å²) in [6.07, 6.45) is 2.66. The quantitative estimate of drug-likeness (QED) is 0.536. The highest BCUT2D eigenvalue weighted by atomic mass is 32.2. The smallest absolute Gasteiger partial charge is 0.307 e. The summed E-state index contributed by atoms with van der Waals surface area (Å²) in [4.78, 5) is 23.1. The van der Waals surface area contributed by atoms with Crippen molar-refractivity contribution >= 4 is 37.6 Å². The van der Waals surface area contributed by atoms with Gasteiger partial charge in [0, 0.05) is 31.9 Å². The third-order valence-electron chi connectivity index (χ3n) is 6.78. The molecule has 1 aromatic carbocycles. The lowest BCUT2D eigenvalue weighted by Gasteiger charge is -2.30. The summed E-state index contributed by atoms with van der Waals surface area (Å²) in [6, 6.07) is 5.79. The summed E-state index contributed by atoms with van der Waals surface area (Å²) in [6.45, 7) is 8.62. The van der Waals surface area contributed by atoms with Gasteiger partial charge in [-0.05, 0) is 76.6 Å². The van der Waals surface area contributed by atoms with Crippen LogP contribution in [0.25, 0.3) is 0 Å². The Hall–Kier alpha value is -2.02. The van der Waals surface area contributed by atoms with Crippen LogP contribution in [0.5, 0.6) is 0 Å². The fourth-order valence-corrected chi connectivity index (χ4v) is 6.59. The fraction of sp³-hybridized carbons (Fsp3) is 0.667. The highest BCUT2D eigenvalue weighted by Gasteiger charge is 2.32. The average Bonchev–Trinajstić information content (AvgIpc) is 2.86. The molecule has 2 aliphatic heterocycles. The molecule has 0 spiro atoms. The van der Waals surface area contributed by atoms with Crippen molar-refractivity contribution in [2.75, 3.05) is 43.0 Å². The molecule has 2 fully saturated rings. The van der Waals surface area contributed by atoms with Gasteiger partial charge in [0.2, 0.25) is 26.0 Å². The van der Waals surface area contributed by atoms with Gasteiger partial charge in [-0.15, -0.1) is 0 Å². The lowest BCUT2D eigenvalue weighted by atomic mass is 9.98. The maximum atomic E-state index is 12.4. The van der Waals surface area contributed by atoms with Gasteiger partial charge >= 0.3 is 5.97 Å². The van der Waals surface area contributed by atoms with Crippen LogP contribution in [0, 0.1) is 25.7 Å². The summed E-state index contributed by atoms with van der Waals surface area (Å²) in [5.74, 6) is -1.69. The maximum Gasteiger partial charge on any atom is 0.307 e. The van der Waals surface area contributed by atoms with Gasteiger partial charge in [0.25, 0.3) is 0 Å². The molecule has 36 heavy (non-hydrogen) atoms. The van der Waals surface area contributed by atoms with Crippen molar-refractivity contribution in [1.82, 2.24) is 8.61 Å². The Morgan fingerprint density at radius 3 is 1.86 bits per heavy atom. The van der Waals surface area contributed by atoms with Gasteiger partial charge in [-0.2, -0.15) is 0 Å². The molecule has 2 saturated heterocycles. The van der Waals surface area contributed by atoms with Crippen LogP contribution in [0.15, 0.2) is 18.2 Å². The number of aliphatic carboxylic acids is 1. The topological polar surface area (TPSA) is 141 Å². The highest BCUT2D eigenvalue weighted by molar-refractivity contribution is 7.89. The number of amides is 1. The van der Waals surface area contributed by atoms with Crippen molar-refractivity contribution < 1.29 is 31.5 Å². The van der Waals surface area contributed by atoms with Crippen LogP contribution in [-0.4, -0.2) is 80.1 Å². The molecular weight excluding hydrogens is 506 g/mol. The minimum atomic E-state index is -3.22. The summed E-state index contributed by atoms with van der Waals surface area (Å²) < 4.78 is 49.6. The minimum absolute atomic E-state index is 0.0410. The first-order chi connectivity index (χ1) is 16.8. The predicted octanol–water partition coefficient (Wildman–Crippen LogP) is 2.44.